The smallest absolute Gasteiger partial charge is 0.251 e. The molecule has 1 fully saturated rings. The van der Waals surface area contributed by atoms with Crippen LogP contribution in [-0.2, 0) is 9.59 Å². The lowest BCUT2D eigenvalue weighted by atomic mass is 10.1. The standard InChI is InChI=1S/C18H25N3O3/c1-11(2)19-17(23)13-5-7-15(8-6-13)20-18(24)14-9-16(22)21(10-14)12(3)4/h5-8,11-12,14H,9-10H2,1-4H3,(H,19,23)(H,20,24). The summed E-state index contributed by atoms with van der Waals surface area (Å²) in [6, 6.07) is 6.92. The second kappa shape index (κ2) is 7.47. The summed E-state index contributed by atoms with van der Waals surface area (Å²) in [5.74, 6) is -0.614. The number of carbonyl (C=O) groups excluding carboxylic acids is 3. The first-order valence-electron chi connectivity index (χ1n) is 8.29. The normalized spacial score (nSPS) is 17.5. The van der Waals surface area contributed by atoms with Gasteiger partial charge in [0.25, 0.3) is 5.91 Å². The highest BCUT2D eigenvalue weighted by Crippen LogP contribution is 2.22. The van der Waals surface area contributed by atoms with Gasteiger partial charge >= 0.3 is 0 Å². The number of amides is 3. The summed E-state index contributed by atoms with van der Waals surface area (Å²) in [5.41, 5.74) is 1.17. The highest BCUT2D eigenvalue weighted by Gasteiger charge is 2.35. The number of likely N-dealkylation sites (tertiary alicyclic amines) is 1. The van der Waals surface area contributed by atoms with E-state index in [0.717, 1.165) is 0 Å². The molecule has 1 saturated heterocycles. The average molecular weight is 331 g/mol. The molecule has 0 bridgehead atoms. The number of benzene rings is 1. The van der Waals surface area contributed by atoms with Crippen molar-refractivity contribution in [3.05, 3.63) is 29.8 Å². The van der Waals surface area contributed by atoms with Gasteiger partial charge in [0.05, 0.1) is 5.92 Å². The Kier molecular flexibility index (Phi) is 5.59. The van der Waals surface area contributed by atoms with Crippen LogP contribution in [0.25, 0.3) is 0 Å². The summed E-state index contributed by atoms with van der Waals surface area (Å²) in [5, 5.41) is 5.64. The first-order chi connectivity index (χ1) is 11.3. The van der Waals surface area contributed by atoms with Crippen LogP contribution >= 0.6 is 0 Å². The van der Waals surface area contributed by atoms with E-state index >= 15 is 0 Å². The molecule has 0 aliphatic carbocycles. The van der Waals surface area contributed by atoms with E-state index in [4.69, 9.17) is 0 Å². The van der Waals surface area contributed by atoms with Crippen molar-refractivity contribution < 1.29 is 14.4 Å². The van der Waals surface area contributed by atoms with Crippen molar-refractivity contribution in [2.24, 2.45) is 5.92 Å². The largest absolute Gasteiger partial charge is 0.350 e. The molecule has 1 atom stereocenters. The van der Waals surface area contributed by atoms with Crippen LogP contribution in [0, 0.1) is 5.92 Å². The molecule has 1 aliphatic heterocycles. The highest BCUT2D eigenvalue weighted by atomic mass is 16.2. The molecular weight excluding hydrogens is 306 g/mol. The van der Waals surface area contributed by atoms with E-state index < -0.39 is 0 Å². The van der Waals surface area contributed by atoms with Crippen LogP contribution in [0.4, 0.5) is 5.69 Å². The lowest BCUT2D eigenvalue weighted by Crippen LogP contribution is -2.33. The lowest BCUT2D eigenvalue weighted by molar-refractivity contribution is -0.129. The van der Waals surface area contributed by atoms with E-state index in [0.29, 0.717) is 17.8 Å². The third kappa shape index (κ3) is 4.34. The number of nitrogens with zero attached hydrogens (tertiary/aromatic N) is 1. The molecule has 6 nitrogen and oxygen atoms in total. The third-order valence-electron chi connectivity index (χ3n) is 3.99. The Morgan fingerprint density at radius 3 is 2.25 bits per heavy atom. The molecule has 3 amide bonds. The maximum Gasteiger partial charge on any atom is 0.251 e. The van der Waals surface area contributed by atoms with Gasteiger partial charge in [0, 0.05) is 36.3 Å². The summed E-state index contributed by atoms with van der Waals surface area (Å²) in [6.07, 6.45) is 0.249. The summed E-state index contributed by atoms with van der Waals surface area (Å²) in [6.45, 7) is 8.14. The van der Waals surface area contributed by atoms with Crippen LogP contribution in [0.5, 0.6) is 0 Å². The van der Waals surface area contributed by atoms with Gasteiger partial charge in [0.2, 0.25) is 11.8 Å². The summed E-state index contributed by atoms with van der Waals surface area (Å²) < 4.78 is 0. The third-order valence-corrected chi connectivity index (χ3v) is 3.99. The van der Waals surface area contributed by atoms with E-state index in [1.165, 1.54) is 0 Å². The molecule has 2 rings (SSSR count). The molecule has 1 unspecified atom stereocenters. The van der Waals surface area contributed by atoms with E-state index in [2.05, 4.69) is 10.6 Å². The van der Waals surface area contributed by atoms with Crippen molar-refractivity contribution in [1.82, 2.24) is 10.2 Å². The van der Waals surface area contributed by atoms with Crippen LogP contribution in [0.2, 0.25) is 0 Å². The fourth-order valence-corrected chi connectivity index (χ4v) is 2.70. The van der Waals surface area contributed by atoms with Crippen molar-refractivity contribution in [3.63, 3.8) is 0 Å². The maximum atomic E-state index is 12.3. The summed E-state index contributed by atoms with van der Waals surface area (Å²) in [4.78, 5) is 37.8. The van der Waals surface area contributed by atoms with Gasteiger partial charge in [-0.05, 0) is 52.0 Å². The van der Waals surface area contributed by atoms with Gasteiger partial charge in [-0.1, -0.05) is 0 Å². The van der Waals surface area contributed by atoms with E-state index in [1.807, 2.05) is 27.7 Å². The Balaban J connectivity index is 1.95. The zero-order valence-corrected chi connectivity index (χ0v) is 14.6. The van der Waals surface area contributed by atoms with Gasteiger partial charge in [-0.25, -0.2) is 0 Å². The number of carbonyl (C=O) groups is 3. The number of hydrogen-bond acceptors (Lipinski definition) is 3. The van der Waals surface area contributed by atoms with Crippen molar-refractivity contribution >= 4 is 23.4 Å². The van der Waals surface area contributed by atoms with Crippen LogP contribution in [0.3, 0.4) is 0 Å². The zero-order chi connectivity index (χ0) is 17.9. The fourth-order valence-electron chi connectivity index (χ4n) is 2.70. The molecule has 1 aromatic rings. The monoisotopic (exact) mass is 331 g/mol. The first-order valence-corrected chi connectivity index (χ1v) is 8.29. The Morgan fingerprint density at radius 2 is 1.75 bits per heavy atom. The van der Waals surface area contributed by atoms with Gasteiger partial charge < -0.3 is 15.5 Å². The molecule has 2 N–H and O–H groups in total. The molecular formula is C18H25N3O3. The van der Waals surface area contributed by atoms with Gasteiger partial charge in [0.15, 0.2) is 0 Å². The minimum Gasteiger partial charge on any atom is -0.350 e. The Hall–Kier alpha value is -2.37. The summed E-state index contributed by atoms with van der Waals surface area (Å²) in [7, 11) is 0. The van der Waals surface area contributed by atoms with Crippen LogP contribution in [0.1, 0.15) is 44.5 Å². The second-order valence-corrected chi connectivity index (χ2v) is 6.74. The van der Waals surface area contributed by atoms with Crippen molar-refractivity contribution in [2.75, 3.05) is 11.9 Å². The van der Waals surface area contributed by atoms with Crippen LogP contribution in [-0.4, -0.2) is 41.2 Å². The summed E-state index contributed by atoms with van der Waals surface area (Å²) >= 11 is 0. The van der Waals surface area contributed by atoms with Crippen LogP contribution in [0.15, 0.2) is 24.3 Å². The molecule has 1 heterocycles. The quantitative estimate of drug-likeness (QED) is 0.866. The number of nitrogens with one attached hydrogen (secondary N) is 2. The predicted octanol–water partition coefficient (Wildman–Crippen LogP) is 2.02. The van der Waals surface area contributed by atoms with Gasteiger partial charge in [-0.2, -0.15) is 0 Å². The highest BCUT2D eigenvalue weighted by molar-refractivity contribution is 5.98. The Labute approximate surface area is 142 Å². The predicted molar refractivity (Wildman–Crippen MR) is 92.6 cm³/mol. The number of hydrogen-bond donors (Lipinski definition) is 2. The molecule has 1 aliphatic rings. The topological polar surface area (TPSA) is 78.5 Å². The zero-order valence-electron chi connectivity index (χ0n) is 14.6. The fraction of sp³-hybridized carbons (Fsp3) is 0.500. The van der Waals surface area contributed by atoms with Gasteiger partial charge in [-0.15, -0.1) is 0 Å². The second-order valence-electron chi connectivity index (χ2n) is 6.74. The molecule has 1 aromatic carbocycles. The van der Waals surface area contributed by atoms with Crippen LogP contribution < -0.4 is 10.6 Å². The van der Waals surface area contributed by atoms with Gasteiger partial charge in [-0.3, -0.25) is 14.4 Å². The van der Waals surface area contributed by atoms with Crippen molar-refractivity contribution in [3.8, 4) is 0 Å². The Bertz CT molecular complexity index is 623. The minimum atomic E-state index is -0.330. The molecule has 0 saturated carbocycles. The van der Waals surface area contributed by atoms with E-state index in [9.17, 15) is 14.4 Å². The molecule has 0 radical (unpaired) electrons. The molecule has 130 valence electrons. The maximum absolute atomic E-state index is 12.3. The molecule has 0 spiro atoms. The Morgan fingerprint density at radius 1 is 1.12 bits per heavy atom. The first kappa shape index (κ1) is 18.0. The number of rotatable bonds is 5. The minimum absolute atomic E-state index is 0.0193. The molecule has 24 heavy (non-hydrogen) atoms. The van der Waals surface area contributed by atoms with Crippen molar-refractivity contribution in [1.29, 1.82) is 0 Å². The van der Waals surface area contributed by atoms with Gasteiger partial charge in [0.1, 0.15) is 0 Å². The lowest BCUT2D eigenvalue weighted by Gasteiger charge is -2.20. The molecule has 0 aromatic heterocycles. The number of anilines is 1. The van der Waals surface area contributed by atoms with E-state index in [1.54, 1.807) is 29.2 Å². The average Bonchev–Trinajstić information content (AvgIpc) is 2.89. The SMILES string of the molecule is CC(C)NC(=O)c1ccc(NC(=O)C2CC(=O)N(C(C)C)C2)cc1. The molecule has 6 heteroatoms. The van der Waals surface area contributed by atoms with E-state index in [-0.39, 0.29) is 42.1 Å². The van der Waals surface area contributed by atoms with Crippen molar-refractivity contribution in [2.45, 2.75) is 46.2 Å².